The first-order chi connectivity index (χ1) is 12.5. The summed E-state index contributed by atoms with van der Waals surface area (Å²) in [7, 11) is -2.40. The quantitative estimate of drug-likeness (QED) is 0.746. The number of ether oxygens (including phenoxy) is 1. The molecule has 1 heterocycles. The number of fused-ring (bicyclic) bond motifs is 1. The Labute approximate surface area is 151 Å². The summed E-state index contributed by atoms with van der Waals surface area (Å²) in [5.74, 6) is -1.90. The van der Waals surface area contributed by atoms with Crippen LogP contribution in [-0.4, -0.2) is 41.8 Å². The minimum Gasteiger partial charge on any atom is -0.378 e. The maximum Gasteiger partial charge on any atom is 0.331 e. The van der Waals surface area contributed by atoms with Crippen molar-refractivity contribution in [1.82, 2.24) is 5.32 Å². The first-order valence-electron chi connectivity index (χ1n) is 8.07. The van der Waals surface area contributed by atoms with E-state index in [4.69, 9.17) is 4.74 Å². The van der Waals surface area contributed by atoms with E-state index < -0.39 is 27.5 Å². The van der Waals surface area contributed by atoms with Crippen molar-refractivity contribution in [2.45, 2.75) is 0 Å². The van der Waals surface area contributed by atoms with E-state index in [1.165, 1.54) is 12.1 Å². The number of halogens is 2. The van der Waals surface area contributed by atoms with Crippen molar-refractivity contribution in [3.05, 3.63) is 54.1 Å². The number of nitrogens with one attached hydrogen (secondary N) is 1. The monoisotopic (exact) mass is 383 g/mol. The largest absolute Gasteiger partial charge is 0.378 e. The Morgan fingerprint density at radius 2 is 1.65 bits per heavy atom. The van der Waals surface area contributed by atoms with Crippen LogP contribution in [0.2, 0.25) is 0 Å². The standard InChI is InChI=1S/C17H19F2N3O3S/c1-20-9-11-25-12-10-21-15-7-2-3-8-16(15)22(26(21,23)24)17-13(18)5-4-6-14(17)19/h2-8,20H,9-12H2,1H3. The molecule has 26 heavy (non-hydrogen) atoms. The van der Waals surface area contributed by atoms with E-state index in [0.717, 1.165) is 16.4 Å². The normalized spacial score (nSPS) is 15.3. The molecule has 1 N–H and O–H groups in total. The molecule has 0 bridgehead atoms. The molecule has 0 unspecified atom stereocenters. The Morgan fingerprint density at radius 3 is 2.31 bits per heavy atom. The van der Waals surface area contributed by atoms with E-state index in [9.17, 15) is 17.2 Å². The third-order valence-electron chi connectivity index (χ3n) is 3.95. The Balaban J connectivity index is 1.97. The lowest BCUT2D eigenvalue weighted by Gasteiger charge is -2.22. The fourth-order valence-electron chi connectivity index (χ4n) is 2.77. The van der Waals surface area contributed by atoms with E-state index in [-0.39, 0.29) is 18.8 Å². The fraction of sp³-hybridized carbons (Fsp3) is 0.294. The Bertz CT molecular complexity index is 872. The second-order valence-corrected chi connectivity index (χ2v) is 7.32. The molecule has 9 heteroatoms. The SMILES string of the molecule is CNCCOCCN1c2ccccc2N(c2c(F)cccc2F)S1(=O)=O. The highest BCUT2D eigenvalue weighted by Crippen LogP contribution is 2.46. The molecule has 2 aromatic rings. The molecule has 6 nitrogen and oxygen atoms in total. The zero-order valence-electron chi connectivity index (χ0n) is 14.2. The van der Waals surface area contributed by atoms with Gasteiger partial charge in [0.1, 0.15) is 5.69 Å². The van der Waals surface area contributed by atoms with Crippen LogP contribution < -0.4 is 13.9 Å². The van der Waals surface area contributed by atoms with Crippen molar-refractivity contribution >= 4 is 27.3 Å². The summed E-state index contributed by atoms with van der Waals surface area (Å²) < 4.78 is 61.8. The molecule has 0 aromatic heterocycles. The molecular formula is C17H19F2N3O3S. The minimum atomic E-state index is -4.19. The first-order valence-corrected chi connectivity index (χ1v) is 9.46. The van der Waals surface area contributed by atoms with Gasteiger partial charge in [0.25, 0.3) is 0 Å². The van der Waals surface area contributed by atoms with Crippen molar-refractivity contribution in [1.29, 1.82) is 0 Å². The van der Waals surface area contributed by atoms with Crippen LogP contribution in [0, 0.1) is 11.6 Å². The molecule has 3 rings (SSSR count). The maximum absolute atomic E-state index is 14.3. The molecule has 0 saturated carbocycles. The molecule has 140 valence electrons. The van der Waals surface area contributed by atoms with Crippen molar-refractivity contribution < 1.29 is 21.9 Å². The molecule has 1 aliphatic heterocycles. The van der Waals surface area contributed by atoms with Crippen molar-refractivity contribution in [3.63, 3.8) is 0 Å². The fourth-order valence-corrected chi connectivity index (χ4v) is 4.49. The first kappa shape index (κ1) is 18.6. The van der Waals surface area contributed by atoms with Crippen LogP contribution in [0.3, 0.4) is 0 Å². The summed E-state index contributed by atoms with van der Waals surface area (Å²) in [6.45, 7) is 1.26. The van der Waals surface area contributed by atoms with Crippen LogP contribution in [0.1, 0.15) is 0 Å². The third kappa shape index (κ3) is 3.25. The smallest absolute Gasteiger partial charge is 0.331 e. The molecule has 2 aromatic carbocycles. The lowest BCUT2D eigenvalue weighted by Crippen LogP contribution is -2.38. The Kier molecular flexibility index (Phi) is 5.40. The predicted octanol–water partition coefficient (Wildman–Crippen LogP) is 2.40. The number of benzene rings is 2. The topological polar surface area (TPSA) is 61.9 Å². The lowest BCUT2D eigenvalue weighted by molar-refractivity contribution is 0.145. The highest BCUT2D eigenvalue weighted by atomic mass is 32.2. The van der Waals surface area contributed by atoms with Crippen molar-refractivity contribution in [2.75, 3.05) is 42.0 Å². The highest BCUT2D eigenvalue weighted by Gasteiger charge is 2.43. The van der Waals surface area contributed by atoms with Crippen molar-refractivity contribution in [2.24, 2.45) is 0 Å². The summed E-state index contributed by atoms with van der Waals surface area (Å²) >= 11 is 0. The highest BCUT2D eigenvalue weighted by molar-refractivity contribution is 7.95. The zero-order chi connectivity index (χ0) is 18.7. The second-order valence-electron chi connectivity index (χ2n) is 5.62. The molecule has 0 aliphatic carbocycles. The molecule has 0 radical (unpaired) electrons. The third-order valence-corrected chi connectivity index (χ3v) is 5.73. The van der Waals surface area contributed by atoms with Gasteiger partial charge in [-0.05, 0) is 31.3 Å². The molecule has 0 atom stereocenters. The number of hydrogen-bond acceptors (Lipinski definition) is 4. The van der Waals surface area contributed by atoms with Gasteiger partial charge >= 0.3 is 10.2 Å². The number of nitrogens with zero attached hydrogens (tertiary/aromatic N) is 2. The van der Waals surface area contributed by atoms with Gasteiger partial charge in [-0.2, -0.15) is 8.42 Å². The van der Waals surface area contributed by atoms with Crippen LogP contribution in [0.15, 0.2) is 42.5 Å². The van der Waals surface area contributed by atoms with E-state index in [1.807, 2.05) is 0 Å². The van der Waals surface area contributed by atoms with Crippen molar-refractivity contribution in [3.8, 4) is 0 Å². The van der Waals surface area contributed by atoms with Crippen LogP contribution in [0.25, 0.3) is 0 Å². The van der Waals surface area contributed by atoms with Gasteiger partial charge in [0.2, 0.25) is 0 Å². The molecule has 1 aliphatic rings. The minimum absolute atomic E-state index is 0.0373. The van der Waals surface area contributed by atoms with Gasteiger partial charge in [-0.15, -0.1) is 0 Å². The van der Waals surface area contributed by atoms with E-state index in [1.54, 1.807) is 25.2 Å². The van der Waals surface area contributed by atoms with Gasteiger partial charge < -0.3 is 10.1 Å². The van der Waals surface area contributed by atoms with Crippen LogP contribution in [-0.2, 0) is 14.9 Å². The average Bonchev–Trinajstić information content (AvgIpc) is 2.82. The summed E-state index contributed by atoms with van der Waals surface area (Å²) in [4.78, 5) is 0. The molecular weight excluding hydrogens is 364 g/mol. The number of para-hydroxylation sites is 3. The van der Waals surface area contributed by atoms with E-state index in [0.29, 0.717) is 23.1 Å². The van der Waals surface area contributed by atoms with Gasteiger partial charge in [0.15, 0.2) is 11.6 Å². The van der Waals surface area contributed by atoms with Gasteiger partial charge in [0.05, 0.1) is 31.1 Å². The number of rotatable bonds is 7. The number of anilines is 3. The summed E-state index contributed by atoms with van der Waals surface area (Å²) in [5, 5.41) is 2.92. The number of likely N-dealkylation sites (N-methyl/N-ethyl adjacent to an activating group) is 1. The molecule has 0 amide bonds. The summed E-state index contributed by atoms with van der Waals surface area (Å²) in [6.07, 6.45) is 0. The van der Waals surface area contributed by atoms with Crippen LogP contribution >= 0.6 is 0 Å². The van der Waals surface area contributed by atoms with Gasteiger partial charge in [0, 0.05) is 6.54 Å². The Morgan fingerprint density at radius 1 is 1.00 bits per heavy atom. The lowest BCUT2D eigenvalue weighted by atomic mass is 10.2. The van der Waals surface area contributed by atoms with E-state index >= 15 is 0 Å². The molecule has 0 spiro atoms. The van der Waals surface area contributed by atoms with Crippen LogP contribution in [0.4, 0.5) is 25.8 Å². The van der Waals surface area contributed by atoms with Gasteiger partial charge in [-0.3, -0.25) is 0 Å². The maximum atomic E-state index is 14.3. The van der Waals surface area contributed by atoms with E-state index in [2.05, 4.69) is 5.32 Å². The number of hydrogen-bond donors (Lipinski definition) is 1. The average molecular weight is 383 g/mol. The molecule has 0 saturated heterocycles. The zero-order valence-corrected chi connectivity index (χ0v) is 15.0. The van der Waals surface area contributed by atoms with Gasteiger partial charge in [-0.25, -0.2) is 17.4 Å². The van der Waals surface area contributed by atoms with Gasteiger partial charge in [-0.1, -0.05) is 18.2 Å². The second kappa shape index (κ2) is 7.56. The van der Waals surface area contributed by atoms with Crippen LogP contribution in [0.5, 0.6) is 0 Å². The summed E-state index contributed by atoms with van der Waals surface area (Å²) in [5.41, 5.74) is -0.0577. The molecule has 0 fully saturated rings. The summed E-state index contributed by atoms with van der Waals surface area (Å²) in [6, 6.07) is 9.65. The predicted molar refractivity (Wildman–Crippen MR) is 96.0 cm³/mol. The Hall–Kier alpha value is -2.23.